The first-order chi connectivity index (χ1) is 14.3. The monoisotopic (exact) mass is 492 g/mol. The number of ether oxygens (including phenoxy) is 1. The van der Waals surface area contributed by atoms with Gasteiger partial charge in [0.15, 0.2) is 0 Å². The van der Waals surface area contributed by atoms with Crippen molar-refractivity contribution in [2.24, 2.45) is 5.10 Å². The van der Waals surface area contributed by atoms with Crippen molar-refractivity contribution in [1.29, 1.82) is 0 Å². The number of fused-ring (bicyclic) bond motifs is 1. The first-order valence-electron chi connectivity index (χ1n) is 9.05. The molecule has 0 saturated carbocycles. The summed E-state index contributed by atoms with van der Waals surface area (Å²) in [6.07, 6.45) is 2.10. The first-order valence-corrected chi connectivity index (χ1v) is 10.2. The van der Waals surface area contributed by atoms with Gasteiger partial charge in [-0.3, -0.25) is 14.9 Å². The summed E-state index contributed by atoms with van der Waals surface area (Å²) >= 11 is 9.48. The third-order valence-electron chi connectivity index (χ3n) is 4.66. The second-order valence-corrected chi connectivity index (χ2v) is 7.94. The molecule has 0 aliphatic carbocycles. The Kier molecular flexibility index (Phi) is 6.52. The van der Waals surface area contributed by atoms with Gasteiger partial charge in [-0.1, -0.05) is 41.4 Å². The molecule has 10 heteroatoms. The third-order valence-corrected chi connectivity index (χ3v) is 5.43. The van der Waals surface area contributed by atoms with Crippen LogP contribution >= 0.6 is 27.5 Å². The SMILES string of the molecule is CC[C@H](C)c1nc2ccc(Br)cc2c(=O)n1N=Cc1cc(Cl)c(OC)c([N+](=O)[O-])c1. The van der Waals surface area contributed by atoms with E-state index in [1.165, 1.54) is 30.1 Å². The fourth-order valence-corrected chi connectivity index (χ4v) is 3.58. The van der Waals surface area contributed by atoms with E-state index in [1.807, 2.05) is 19.9 Å². The van der Waals surface area contributed by atoms with Gasteiger partial charge in [-0.15, -0.1) is 0 Å². The predicted octanol–water partition coefficient (Wildman–Crippen LogP) is 5.12. The van der Waals surface area contributed by atoms with E-state index >= 15 is 0 Å². The van der Waals surface area contributed by atoms with Gasteiger partial charge in [-0.2, -0.15) is 9.78 Å². The van der Waals surface area contributed by atoms with E-state index in [4.69, 9.17) is 16.3 Å². The maximum Gasteiger partial charge on any atom is 0.313 e. The molecule has 0 aliphatic heterocycles. The molecular formula is C20H18BrClN4O4. The summed E-state index contributed by atoms with van der Waals surface area (Å²) in [4.78, 5) is 28.5. The molecule has 0 unspecified atom stereocenters. The van der Waals surface area contributed by atoms with Crippen LogP contribution in [0.3, 0.4) is 0 Å². The first kappa shape index (κ1) is 21.9. The van der Waals surface area contributed by atoms with Crippen LogP contribution in [-0.2, 0) is 0 Å². The lowest BCUT2D eigenvalue weighted by molar-refractivity contribution is -0.385. The number of rotatable bonds is 6. The summed E-state index contributed by atoms with van der Waals surface area (Å²) in [7, 11) is 1.30. The van der Waals surface area contributed by atoms with Gasteiger partial charge in [0.1, 0.15) is 5.82 Å². The quantitative estimate of drug-likeness (QED) is 0.269. The molecular weight excluding hydrogens is 476 g/mol. The Morgan fingerprint density at radius 2 is 2.13 bits per heavy atom. The van der Waals surface area contributed by atoms with E-state index in [0.29, 0.717) is 22.3 Å². The van der Waals surface area contributed by atoms with Crippen LogP contribution in [0.4, 0.5) is 5.69 Å². The molecule has 0 aliphatic rings. The molecule has 0 amide bonds. The van der Waals surface area contributed by atoms with Crippen molar-refractivity contribution in [2.45, 2.75) is 26.2 Å². The zero-order valence-corrected chi connectivity index (χ0v) is 18.8. The maximum atomic E-state index is 13.1. The molecule has 0 radical (unpaired) electrons. The minimum Gasteiger partial charge on any atom is -0.489 e. The van der Waals surface area contributed by atoms with Crippen LogP contribution in [0.15, 0.2) is 44.7 Å². The van der Waals surface area contributed by atoms with Crippen molar-refractivity contribution in [2.75, 3.05) is 7.11 Å². The number of aromatic nitrogens is 2. The molecule has 0 fully saturated rings. The van der Waals surface area contributed by atoms with E-state index in [9.17, 15) is 14.9 Å². The Hall–Kier alpha value is -2.78. The molecule has 0 N–H and O–H groups in total. The number of nitro benzene ring substituents is 1. The zero-order valence-electron chi connectivity index (χ0n) is 16.4. The molecule has 2 aromatic carbocycles. The van der Waals surface area contributed by atoms with E-state index in [2.05, 4.69) is 26.0 Å². The average molecular weight is 494 g/mol. The standard InChI is InChI=1S/C20H18BrClN4O4/c1-4-11(2)19-24-16-6-5-13(21)9-14(16)20(27)25(19)23-10-12-7-15(22)18(30-3)17(8-12)26(28)29/h5-11H,4H2,1-3H3/t11-/m0/s1. The molecule has 8 nitrogen and oxygen atoms in total. The molecule has 3 rings (SSSR count). The number of nitrogens with zero attached hydrogens (tertiary/aromatic N) is 4. The molecule has 1 heterocycles. The van der Waals surface area contributed by atoms with Crippen molar-refractivity contribution in [3.63, 3.8) is 0 Å². The van der Waals surface area contributed by atoms with Gasteiger partial charge in [0, 0.05) is 22.0 Å². The molecule has 1 atom stereocenters. The van der Waals surface area contributed by atoms with Gasteiger partial charge in [0.05, 0.1) is 34.2 Å². The summed E-state index contributed by atoms with van der Waals surface area (Å²) in [6.45, 7) is 3.94. The molecule has 0 spiro atoms. The Labute approximate surface area is 185 Å². The number of benzene rings is 2. The number of halogens is 2. The van der Waals surface area contributed by atoms with Gasteiger partial charge in [0.2, 0.25) is 5.75 Å². The van der Waals surface area contributed by atoms with Gasteiger partial charge < -0.3 is 4.74 Å². The van der Waals surface area contributed by atoms with Crippen molar-refractivity contribution in [3.05, 3.63) is 71.7 Å². The largest absolute Gasteiger partial charge is 0.489 e. The van der Waals surface area contributed by atoms with Crippen LogP contribution in [0.2, 0.25) is 5.02 Å². The Balaban J connectivity index is 2.19. The third kappa shape index (κ3) is 4.22. The van der Waals surface area contributed by atoms with Gasteiger partial charge >= 0.3 is 5.69 Å². The van der Waals surface area contributed by atoms with Gasteiger partial charge in [-0.25, -0.2) is 4.98 Å². The molecule has 0 bridgehead atoms. The van der Waals surface area contributed by atoms with Crippen LogP contribution in [0.5, 0.6) is 5.75 Å². The number of hydrogen-bond acceptors (Lipinski definition) is 6. The summed E-state index contributed by atoms with van der Waals surface area (Å²) in [5, 5.41) is 16.1. The van der Waals surface area contributed by atoms with E-state index in [-0.39, 0.29) is 27.9 Å². The second-order valence-electron chi connectivity index (χ2n) is 6.61. The fraction of sp³-hybridized carbons (Fsp3) is 0.250. The Bertz CT molecular complexity index is 1230. The van der Waals surface area contributed by atoms with Crippen LogP contribution < -0.4 is 10.3 Å². The number of nitro groups is 1. The van der Waals surface area contributed by atoms with Crippen molar-refractivity contribution in [3.8, 4) is 5.75 Å². The molecule has 1 aromatic heterocycles. The van der Waals surface area contributed by atoms with Crippen LogP contribution in [0.25, 0.3) is 10.9 Å². The summed E-state index contributed by atoms with van der Waals surface area (Å²) in [6, 6.07) is 8.05. The summed E-state index contributed by atoms with van der Waals surface area (Å²) < 4.78 is 6.99. The number of methoxy groups -OCH3 is 1. The maximum absolute atomic E-state index is 13.1. The van der Waals surface area contributed by atoms with Crippen LogP contribution in [-0.4, -0.2) is 27.9 Å². The van der Waals surface area contributed by atoms with Crippen molar-refractivity contribution < 1.29 is 9.66 Å². The molecule has 0 saturated heterocycles. The fourth-order valence-electron chi connectivity index (χ4n) is 2.91. The average Bonchev–Trinajstić information content (AvgIpc) is 2.72. The van der Waals surface area contributed by atoms with Gasteiger partial charge in [-0.05, 0) is 30.7 Å². The minimum absolute atomic E-state index is 0.0308. The topological polar surface area (TPSA) is 99.6 Å². The van der Waals surface area contributed by atoms with E-state index in [1.54, 1.807) is 12.1 Å². The van der Waals surface area contributed by atoms with Gasteiger partial charge in [0.25, 0.3) is 5.56 Å². The Morgan fingerprint density at radius 3 is 2.77 bits per heavy atom. The molecule has 156 valence electrons. The smallest absolute Gasteiger partial charge is 0.313 e. The summed E-state index contributed by atoms with van der Waals surface area (Å²) in [5.41, 5.74) is 0.306. The van der Waals surface area contributed by atoms with Crippen LogP contribution in [0.1, 0.15) is 37.6 Å². The predicted molar refractivity (Wildman–Crippen MR) is 120 cm³/mol. The lowest BCUT2D eigenvalue weighted by Gasteiger charge is -2.14. The minimum atomic E-state index is -0.589. The number of hydrogen-bond donors (Lipinski definition) is 0. The molecule has 30 heavy (non-hydrogen) atoms. The second kappa shape index (κ2) is 8.93. The highest BCUT2D eigenvalue weighted by Gasteiger charge is 2.20. The molecule has 3 aromatic rings. The lowest BCUT2D eigenvalue weighted by atomic mass is 10.1. The van der Waals surface area contributed by atoms with Crippen molar-refractivity contribution >= 4 is 50.3 Å². The highest BCUT2D eigenvalue weighted by atomic mass is 79.9. The Morgan fingerprint density at radius 1 is 1.40 bits per heavy atom. The van der Waals surface area contributed by atoms with Crippen LogP contribution in [0, 0.1) is 10.1 Å². The highest BCUT2D eigenvalue weighted by molar-refractivity contribution is 9.10. The highest BCUT2D eigenvalue weighted by Crippen LogP contribution is 2.35. The van der Waals surface area contributed by atoms with E-state index in [0.717, 1.165) is 10.9 Å². The normalized spacial score (nSPS) is 12.4. The van der Waals surface area contributed by atoms with Crippen molar-refractivity contribution in [1.82, 2.24) is 9.66 Å². The zero-order chi connectivity index (χ0) is 22.0. The van der Waals surface area contributed by atoms with E-state index < -0.39 is 4.92 Å². The lowest BCUT2D eigenvalue weighted by Crippen LogP contribution is -2.23. The summed E-state index contributed by atoms with van der Waals surface area (Å²) in [5.74, 6) is 0.438.